The van der Waals surface area contributed by atoms with Gasteiger partial charge in [0.1, 0.15) is 0 Å². The van der Waals surface area contributed by atoms with Crippen LogP contribution in [0.25, 0.3) is 0 Å². The van der Waals surface area contributed by atoms with Crippen molar-refractivity contribution in [1.29, 1.82) is 0 Å². The Morgan fingerprint density at radius 1 is 1.30 bits per heavy atom. The van der Waals surface area contributed by atoms with Crippen LogP contribution in [0.2, 0.25) is 5.02 Å². The third kappa shape index (κ3) is 3.71. The van der Waals surface area contributed by atoms with Gasteiger partial charge in [0.15, 0.2) is 6.04 Å². The molecule has 1 atom stereocenters. The molecule has 0 saturated heterocycles. The minimum absolute atomic E-state index is 0.554. The summed E-state index contributed by atoms with van der Waals surface area (Å²) in [4.78, 5) is 15.4. The van der Waals surface area contributed by atoms with Gasteiger partial charge in [-0.2, -0.15) is 0 Å². The summed E-state index contributed by atoms with van der Waals surface area (Å²) in [5, 5.41) is 12.9. The van der Waals surface area contributed by atoms with Gasteiger partial charge in [0.05, 0.1) is 5.02 Å². The summed E-state index contributed by atoms with van der Waals surface area (Å²) in [5.74, 6) is -0.990. The van der Waals surface area contributed by atoms with Crippen LogP contribution in [0.5, 0.6) is 0 Å². The highest BCUT2D eigenvalue weighted by Gasteiger charge is 2.20. The van der Waals surface area contributed by atoms with Crippen molar-refractivity contribution in [2.24, 2.45) is 0 Å². The Hall–Kier alpha value is -1.11. The number of anilines is 1. The van der Waals surface area contributed by atoms with Crippen LogP contribution in [-0.4, -0.2) is 16.1 Å². The number of aromatic nitrogens is 1. The summed E-state index contributed by atoms with van der Waals surface area (Å²) >= 11 is 12.5. The zero-order valence-corrected chi connectivity index (χ0v) is 13.9. The Labute approximate surface area is 137 Å². The van der Waals surface area contributed by atoms with Gasteiger partial charge in [-0.1, -0.05) is 11.6 Å². The summed E-state index contributed by atoms with van der Waals surface area (Å²) in [6.45, 7) is 0. The highest BCUT2D eigenvalue weighted by molar-refractivity contribution is 9.10. The lowest BCUT2D eigenvalue weighted by Crippen LogP contribution is -2.20. The molecule has 0 aliphatic heterocycles. The van der Waals surface area contributed by atoms with Crippen molar-refractivity contribution in [3.63, 3.8) is 0 Å². The van der Waals surface area contributed by atoms with Crippen molar-refractivity contribution in [3.8, 4) is 0 Å². The van der Waals surface area contributed by atoms with E-state index in [1.807, 2.05) is 0 Å². The molecular formula is C13H9Br2ClN2O2. The van der Waals surface area contributed by atoms with E-state index in [-0.39, 0.29) is 0 Å². The first-order valence-electron chi connectivity index (χ1n) is 5.52. The second-order valence-electron chi connectivity index (χ2n) is 3.98. The van der Waals surface area contributed by atoms with Crippen molar-refractivity contribution in [2.75, 3.05) is 5.32 Å². The van der Waals surface area contributed by atoms with Gasteiger partial charge in [-0.25, -0.2) is 4.79 Å². The average molecular weight is 420 g/mol. The zero-order valence-electron chi connectivity index (χ0n) is 9.98. The van der Waals surface area contributed by atoms with Gasteiger partial charge < -0.3 is 10.4 Å². The smallest absolute Gasteiger partial charge is 0.330 e. The molecule has 0 aliphatic rings. The number of hydrogen-bond donors (Lipinski definition) is 2. The first-order chi connectivity index (χ1) is 9.47. The molecule has 104 valence electrons. The molecule has 0 saturated carbocycles. The maximum atomic E-state index is 11.4. The Kier molecular flexibility index (Phi) is 5.01. The second-order valence-corrected chi connectivity index (χ2v) is 6.16. The first-order valence-corrected chi connectivity index (χ1v) is 7.48. The van der Waals surface area contributed by atoms with Crippen LogP contribution in [0.3, 0.4) is 0 Å². The summed E-state index contributed by atoms with van der Waals surface area (Å²) < 4.78 is 1.42. The Balaban J connectivity index is 2.30. The lowest BCUT2D eigenvalue weighted by Gasteiger charge is -2.16. The van der Waals surface area contributed by atoms with E-state index in [1.54, 1.807) is 30.5 Å². The average Bonchev–Trinajstić information content (AvgIpc) is 2.39. The molecule has 7 heteroatoms. The van der Waals surface area contributed by atoms with Crippen LogP contribution in [0, 0.1) is 0 Å². The molecule has 0 spiro atoms. The van der Waals surface area contributed by atoms with Crippen molar-refractivity contribution in [2.45, 2.75) is 6.04 Å². The van der Waals surface area contributed by atoms with E-state index < -0.39 is 12.0 Å². The van der Waals surface area contributed by atoms with Crippen LogP contribution in [-0.2, 0) is 4.79 Å². The number of nitrogens with one attached hydrogen (secondary N) is 1. The standard InChI is InChI=1S/C13H9Br2ClN2O2/c14-8-3-7(5-17-6-8)12(13(19)20)18-9-1-2-11(16)10(15)4-9/h1-6,12,18H,(H,19,20). The van der Waals surface area contributed by atoms with Gasteiger partial charge >= 0.3 is 5.97 Å². The number of rotatable bonds is 4. The van der Waals surface area contributed by atoms with Crippen LogP contribution in [0.15, 0.2) is 45.6 Å². The molecule has 0 fully saturated rings. The normalized spacial score (nSPS) is 11.9. The topological polar surface area (TPSA) is 62.2 Å². The number of aliphatic carboxylic acids is 1. The van der Waals surface area contributed by atoms with Crippen molar-refractivity contribution in [3.05, 3.63) is 56.2 Å². The number of carboxylic acid groups (broad SMARTS) is 1. The molecule has 0 radical (unpaired) electrons. The van der Waals surface area contributed by atoms with E-state index in [4.69, 9.17) is 11.6 Å². The van der Waals surface area contributed by atoms with Crippen molar-refractivity contribution in [1.82, 2.24) is 4.98 Å². The van der Waals surface area contributed by atoms with Crippen LogP contribution in [0.4, 0.5) is 5.69 Å². The second kappa shape index (κ2) is 6.56. The molecule has 1 aromatic carbocycles. The predicted molar refractivity (Wildman–Crippen MR) is 85.1 cm³/mol. The SMILES string of the molecule is O=C(O)C(Nc1ccc(Cl)c(Br)c1)c1cncc(Br)c1. The molecule has 4 nitrogen and oxygen atoms in total. The van der Waals surface area contributed by atoms with Gasteiger partial charge in [0.25, 0.3) is 0 Å². The first kappa shape index (κ1) is 15.3. The van der Waals surface area contributed by atoms with Crippen LogP contribution in [0.1, 0.15) is 11.6 Å². The Morgan fingerprint density at radius 2 is 2.05 bits per heavy atom. The van der Waals surface area contributed by atoms with Gasteiger partial charge in [-0.15, -0.1) is 0 Å². The number of halogens is 3. The fourth-order valence-electron chi connectivity index (χ4n) is 1.63. The van der Waals surface area contributed by atoms with E-state index >= 15 is 0 Å². The fraction of sp³-hybridized carbons (Fsp3) is 0.0769. The molecule has 1 unspecified atom stereocenters. The maximum absolute atomic E-state index is 11.4. The summed E-state index contributed by atoms with van der Waals surface area (Å²) in [6.07, 6.45) is 3.11. The minimum atomic E-state index is -0.990. The lowest BCUT2D eigenvalue weighted by atomic mass is 10.1. The largest absolute Gasteiger partial charge is 0.479 e. The summed E-state index contributed by atoms with van der Waals surface area (Å²) in [7, 11) is 0. The molecule has 0 aliphatic carbocycles. The van der Waals surface area contributed by atoms with Gasteiger partial charge in [-0.3, -0.25) is 4.98 Å². The predicted octanol–water partition coefficient (Wildman–Crippen LogP) is 4.50. The minimum Gasteiger partial charge on any atom is -0.479 e. The van der Waals surface area contributed by atoms with Gasteiger partial charge in [0, 0.05) is 32.6 Å². The highest BCUT2D eigenvalue weighted by Crippen LogP contribution is 2.28. The molecule has 0 amide bonds. The van der Waals surface area contributed by atoms with E-state index in [0.29, 0.717) is 20.7 Å². The molecule has 2 rings (SSSR count). The number of nitrogens with zero attached hydrogens (tertiary/aromatic N) is 1. The lowest BCUT2D eigenvalue weighted by molar-refractivity contribution is -0.138. The summed E-state index contributed by atoms with van der Waals surface area (Å²) in [5.41, 5.74) is 1.20. The van der Waals surface area contributed by atoms with Gasteiger partial charge in [0.2, 0.25) is 0 Å². The third-order valence-electron chi connectivity index (χ3n) is 2.54. The van der Waals surface area contributed by atoms with E-state index in [1.165, 1.54) is 6.20 Å². The zero-order chi connectivity index (χ0) is 14.7. The molecule has 2 aromatic rings. The Morgan fingerprint density at radius 3 is 2.65 bits per heavy atom. The molecule has 0 bridgehead atoms. The quantitative estimate of drug-likeness (QED) is 0.765. The molecule has 1 heterocycles. The van der Waals surface area contributed by atoms with Crippen LogP contribution < -0.4 is 5.32 Å². The highest BCUT2D eigenvalue weighted by atomic mass is 79.9. The van der Waals surface area contributed by atoms with E-state index in [0.717, 1.165) is 4.47 Å². The summed E-state index contributed by atoms with van der Waals surface area (Å²) in [6, 6.07) is 5.95. The third-order valence-corrected chi connectivity index (χ3v) is 4.18. The molecular weight excluding hydrogens is 411 g/mol. The molecule has 1 aromatic heterocycles. The van der Waals surface area contributed by atoms with Crippen molar-refractivity contribution < 1.29 is 9.90 Å². The number of carboxylic acids is 1. The molecule has 20 heavy (non-hydrogen) atoms. The molecule has 2 N–H and O–H groups in total. The van der Waals surface area contributed by atoms with E-state index in [9.17, 15) is 9.90 Å². The van der Waals surface area contributed by atoms with Gasteiger partial charge in [-0.05, 0) is 56.1 Å². The monoisotopic (exact) mass is 418 g/mol. The number of benzene rings is 1. The fourth-order valence-corrected chi connectivity index (χ4v) is 2.51. The number of hydrogen-bond acceptors (Lipinski definition) is 3. The number of carbonyl (C=O) groups is 1. The van der Waals surface area contributed by atoms with E-state index in [2.05, 4.69) is 42.2 Å². The maximum Gasteiger partial charge on any atom is 0.330 e. The van der Waals surface area contributed by atoms with Crippen LogP contribution >= 0.6 is 43.5 Å². The van der Waals surface area contributed by atoms with Crippen molar-refractivity contribution >= 4 is 55.1 Å². The Bertz CT molecular complexity index is 652. The number of pyridine rings is 1.